The zero-order chi connectivity index (χ0) is 16.8. The second-order valence-corrected chi connectivity index (χ2v) is 6.66. The highest BCUT2D eigenvalue weighted by Crippen LogP contribution is 2.34. The minimum absolute atomic E-state index is 0.352. The molecule has 0 radical (unpaired) electrons. The molecule has 4 heterocycles. The molecule has 126 valence electrons. The van der Waals surface area contributed by atoms with Gasteiger partial charge in [0, 0.05) is 47.6 Å². The SMILES string of the molecule is Clc1c(-c2c[nH]c3ccccc23)nc(N[C@H]2CCNC2)c2nccn12. The zero-order valence-corrected chi connectivity index (χ0v) is 14.2. The standard InChI is InChI=1S/C18H17ClN6/c19-16-15(13-10-22-14-4-2-1-3-12(13)14)24-17(18-21-7-8-25(16)18)23-11-5-6-20-9-11/h1-4,7-8,10-11,20,22H,5-6,9H2,(H,23,24)/t11-/m0/s1. The van der Waals surface area contributed by atoms with Gasteiger partial charge in [0.15, 0.2) is 11.5 Å². The second-order valence-electron chi connectivity index (χ2n) is 6.30. The van der Waals surface area contributed by atoms with E-state index in [1.165, 1.54) is 0 Å². The second kappa shape index (κ2) is 5.75. The number of halogens is 1. The monoisotopic (exact) mass is 352 g/mol. The van der Waals surface area contributed by atoms with Gasteiger partial charge in [-0.15, -0.1) is 0 Å². The number of hydrogen-bond acceptors (Lipinski definition) is 4. The number of aromatic amines is 1. The first-order chi connectivity index (χ1) is 12.3. The first-order valence-electron chi connectivity index (χ1n) is 8.37. The number of imidazole rings is 1. The molecule has 0 spiro atoms. The number of rotatable bonds is 3. The van der Waals surface area contributed by atoms with Gasteiger partial charge in [-0.1, -0.05) is 29.8 Å². The number of H-pyrrole nitrogens is 1. The fraction of sp³-hybridized carbons (Fsp3) is 0.222. The van der Waals surface area contributed by atoms with E-state index in [1.54, 1.807) is 6.20 Å². The molecule has 0 unspecified atom stereocenters. The number of anilines is 1. The molecule has 1 aliphatic heterocycles. The van der Waals surface area contributed by atoms with Crippen molar-refractivity contribution in [3.63, 3.8) is 0 Å². The topological polar surface area (TPSA) is 70.0 Å². The highest BCUT2D eigenvalue weighted by Gasteiger charge is 2.21. The van der Waals surface area contributed by atoms with Crippen molar-refractivity contribution in [1.29, 1.82) is 0 Å². The average molecular weight is 353 g/mol. The molecule has 0 amide bonds. The van der Waals surface area contributed by atoms with Gasteiger partial charge >= 0.3 is 0 Å². The summed E-state index contributed by atoms with van der Waals surface area (Å²) in [5.41, 5.74) is 3.55. The predicted octanol–water partition coefficient (Wildman–Crippen LogP) is 3.30. The number of para-hydroxylation sites is 1. The molecule has 1 aromatic carbocycles. The summed E-state index contributed by atoms with van der Waals surface area (Å²) in [6.07, 6.45) is 6.65. The van der Waals surface area contributed by atoms with E-state index < -0.39 is 0 Å². The van der Waals surface area contributed by atoms with Crippen LogP contribution in [0.2, 0.25) is 5.15 Å². The van der Waals surface area contributed by atoms with Crippen LogP contribution in [0.15, 0.2) is 42.9 Å². The minimum Gasteiger partial charge on any atom is -0.363 e. The van der Waals surface area contributed by atoms with Crippen LogP contribution >= 0.6 is 11.6 Å². The Kier molecular flexibility index (Phi) is 3.39. The molecule has 6 nitrogen and oxygen atoms in total. The number of nitrogens with zero attached hydrogens (tertiary/aromatic N) is 3. The summed E-state index contributed by atoms with van der Waals surface area (Å²) >= 11 is 6.67. The van der Waals surface area contributed by atoms with Gasteiger partial charge in [0.05, 0.1) is 0 Å². The summed E-state index contributed by atoms with van der Waals surface area (Å²) in [5.74, 6) is 0.767. The Bertz CT molecular complexity index is 1060. The summed E-state index contributed by atoms with van der Waals surface area (Å²) in [6.45, 7) is 1.95. The number of fused-ring (bicyclic) bond motifs is 2. The molecule has 5 rings (SSSR count). The van der Waals surface area contributed by atoms with Crippen molar-refractivity contribution in [1.82, 2.24) is 24.7 Å². The van der Waals surface area contributed by atoms with Crippen molar-refractivity contribution in [2.45, 2.75) is 12.5 Å². The normalized spacial score (nSPS) is 17.6. The quantitative estimate of drug-likeness (QED) is 0.529. The highest BCUT2D eigenvalue weighted by molar-refractivity contribution is 6.32. The van der Waals surface area contributed by atoms with Crippen LogP contribution in [0.4, 0.5) is 5.82 Å². The molecule has 1 fully saturated rings. The van der Waals surface area contributed by atoms with Crippen molar-refractivity contribution >= 4 is 34.0 Å². The smallest absolute Gasteiger partial charge is 0.181 e. The molecule has 4 aromatic rings. The van der Waals surface area contributed by atoms with E-state index in [-0.39, 0.29) is 0 Å². The minimum atomic E-state index is 0.352. The van der Waals surface area contributed by atoms with Crippen LogP contribution in [0.3, 0.4) is 0 Å². The van der Waals surface area contributed by atoms with Gasteiger partial charge in [0.2, 0.25) is 0 Å². The highest BCUT2D eigenvalue weighted by atomic mass is 35.5. The van der Waals surface area contributed by atoms with E-state index >= 15 is 0 Å². The maximum atomic E-state index is 6.67. The molecule has 0 aliphatic carbocycles. The summed E-state index contributed by atoms with van der Waals surface area (Å²) < 4.78 is 1.89. The van der Waals surface area contributed by atoms with E-state index in [0.717, 1.165) is 53.1 Å². The fourth-order valence-corrected chi connectivity index (χ4v) is 3.75. The van der Waals surface area contributed by atoms with Gasteiger partial charge in [-0.25, -0.2) is 9.97 Å². The van der Waals surface area contributed by atoms with Gasteiger partial charge in [0.1, 0.15) is 10.8 Å². The lowest BCUT2D eigenvalue weighted by Crippen LogP contribution is -2.23. The van der Waals surface area contributed by atoms with E-state index in [9.17, 15) is 0 Å². The maximum Gasteiger partial charge on any atom is 0.181 e. The van der Waals surface area contributed by atoms with Crippen LogP contribution in [0.25, 0.3) is 27.8 Å². The summed E-state index contributed by atoms with van der Waals surface area (Å²) in [7, 11) is 0. The molecular weight excluding hydrogens is 336 g/mol. The fourth-order valence-electron chi connectivity index (χ4n) is 3.47. The molecule has 25 heavy (non-hydrogen) atoms. The number of benzene rings is 1. The van der Waals surface area contributed by atoms with Crippen molar-refractivity contribution < 1.29 is 0 Å². The van der Waals surface area contributed by atoms with E-state index in [4.69, 9.17) is 16.6 Å². The van der Waals surface area contributed by atoms with Crippen LogP contribution in [0.1, 0.15) is 6.42 Å². The third-order valence-corrected chi connectivity index (χ3v) is 5.09. The van der Waals surface area contributed by atoms with Gasteiger partial charge in [-0.05, 0) is 19.0 Å². The Morgan fingerprint density at radius 3 is 3.08 bits per heavy atom. The largest absolute Gasteiger partial charge is 0.363 e. The third-order valence-electron chi connectivity index (χ3n) is 4.73. The molecule has 1 atom stereocenters. The Labute approximate surface area is 149 Å². The van der Waals surface area contributed by atoms with Crippen molar-refractivity contribution in [2.24, 2.45) is 0 Å². The van der Waals surface area contributed by atoms with Gasteiger partial charge < -0.3 is 15.6 Å². The molecule has 7 heteroatoms. The zero-order valence-electron chi connectivity index (χ0n) is 13.5. The van der Waals surface area contributed by atoms with Crippen molar-refractivity contribution in [3.05, 3.63) is 48.0 Å². The van der Waals surface area contributed by atoms with Crippen molar-refractivity contribution in [2.75, 3.05) is 18.4 Å². The lowest BCUT2D eigenvalue weighted by Gasteiger charge is -2.15. The van der Waals surface area contributed by atoms with Gasteiger partial charge in [0.25, 0.3) is 0 Å². The molecule has 1 saturated heterocycles. The Morgan fingerprint density at radius 1 is 1.28 bits per heavy atom. The molecule has 3 aromatic heterocycles. The van der Waals surface area contributed by atoms with E-state index in [0.29, 0.717) is 11.2 Å². The Balaban J connectivity index is 1.71. The average Bonchev–Trinajstić information content (AvgIpc) is 3.37. The van der Waals surface area contributed by atoms with Crippen LogP contribution < -0.4 is 10.6 Å². The predicted molar refractivity (Wildman–Crippen MR) is 100 cm³/mol. The number of hydrogen-bond donors (Lipinski definition) is 3. The lowest BCUT2D eigenvalue weighted by molar-refractivity contribution is 0.788. The van der Waals surface area contributed by atoms with E-state index in [1.807, 2.05) is 35.0 Å². The van der Waals surface area contributed by atoms with E-state index in [2.05, 4.69) is 26.7 Å². The summed E-state index contributed by atoms with van der Waals surface area (Å²) in [6, 6.07) is 8.51. The molecule has 3 N–H and O–H groups in total. The lowest BCUT2D eigenvalue weighted by atomic mass is 10.1. The Morgan fingerprint density at radius 2 is 2.20 bits per heavy atom. The van der Waals surface area contributed by atoms with Crippen LogP contribution in [-0.4, -0.2) is 38.5 Å². The molecule has 1 aliphatic rings. The molecule has 0 saturated carbocycles. The molecule has 0 bridgehead atoms. The maximum absolute atomic E-state index is 6.67. The van der Waals surface area contributed by atoms with Gasteiger partial charge in [-0.3, -0.25) is 4.40 Å². The Hall–Kier alpha value is -2.57. The molecular formula is C18H17ClN6. The van der Waals surface area contributed by atoms with Gasteiger partial charge in [-0.2, -0.15) is 0 Å². The summed E-state index contributed by atoms with van der Waals surface area (Å²) in [5, 5.41) is 8.55. The number of aromatic nitrogens is 4. The van der Waals surface area contributed by atoms with Crippen LogP contribution in [-0.2, 0) is 0 Å². The summed E-state index contributed by atoms with van der Waals surface area (Å²) in [4.78, 5) is 12.6. The first kappa shape index (κ1) is 14.7. The first-order valence-corrected chi connectivity index (χ1v) is 8.75. The third kappa shape index (κ3) is 2.37. The van der Waals surface area contributed by atoms with Crippen LogP contribution in [0, 0.1) is 0 Å². The van der Waals surface area contributed by atoms with Crippen molar-refractivity contribution in [3.8, 4) is 11.3 Å². The van der Waals surface area contributed by atoms with Crippen LogP contribution in [0.5, 0.6) is 0 Å². The number of nitrogens with one attached hydrogen (secondary N) is 3.